The van der Waals surface area contributed by atoms with Crippen LogP contribution in [0.3, 0.4) is 0 Å². The summed E-state index contributed by atoms with van der Waals surface area (Å²) in [5.41, 5.74) is 0. The lowest BCUT2D eigenvalue weighted by atomic mass is 9.93. The number of rotatable bonds is 0. The predicted octanol–water partition coefficient (Wildman–Crippen LogP) is 1.51. The normalized spacial score (nSPS) is 33.7. The summed E-state index contributed by atoms with van der Waals surface area (Å²) in [6, 6.07) is 0. The SMILES string of the molecule is CC1CCC(=O)N(C)CC1C. The highest BCUT2D eigenvalue weighted by molar-refractivity contribution is 5.76. The summed E-state index contributed by atoms with van der Waals surface area (Å²) in [6.07, 6.45) is 1.80. The van der Waals surface area contributed by atoms with E-state index in [1.807, 2.05) is 11.9 Å². The predicted molar refractivity (Wildman–Crippen MR) is 45.2 cm³/mol. The van der Waals surface area contributed by atoms with Crippen molar-refractivity contribution in [3.05, 3.63) is 0 Å². The molecule has 11 heavy (non-hydrogen) atoms. The number of nitrogens with zero attached hydrogens (tertiary/aromatic N) is 1. The fourth-order valence-corrected chi connectivity index (χ4v) is 1.54. The maximum absolute atomic E-state index is 11.2. The maximum atomic E-state index is 11.2. The largest absolute Gasteiger partial charge is 0.345 e. The van der Waals surface area contributed by atoms with Gasteiger partial charge in [-0.05, 0) is 18.3 Å². The second-order valence-corrected chi connectivity index (χ2v) is 3.77. The average molecular weight is 155 g/mol. The van der Waals surface area contributed by atoms with Crippen LogP contribution in [0.1, 0.15) is 26.7 Å². The van der Waals surface area contributed by atoms with Crippen molar-refractivity contribution in [1.82, 2.24) is 4.90 Å². The molecule has 0 saturated carbocycles. The van der Waals surface area contributed by atoms with Gasteiger partial charge in [0.2, 0.25) is 5.91 Å². The fourth-order valence-electron chi connectivity index (χ4n) is 1.54. The van der Waals surface area contributed by atoms with E-state index in [0.29, 0.717) is 17.7 Å². The first-order valence-corrected chi connectivity index (χ1v) is 4.35. The van der Waals surface area contributed by atoms with Gasteiger partial charge in [0.05, 0.1) is 0 Å². The van der Waals surface area contributed by atoms with Crippen LogP contribution >= 0.6 is 0 Å². The third-order valence-electron chi connectivity index (χ3n) is 2.77. The first-order chi connectivity index (χ1) is 5.11. The highest BCUT2D eigenvalue weighted by atomic mass is 16.2. The molecule has 0 aromatic heterocycles. The lowest BCUT2D eigenvalue weighted by molar-refractivity contribution is -0.129. The number of amides is 1. The van der Waals surface area contributed by atoms with Crippen molar-refractivity contribution in [1.29, 1.82) is 0 Å². The molecule has 0 radical (unpaired) electrons. The van der Waals surface area contributed by atoms with Crippen molar-refractivity contribution in [2.45, 2.75) is 26.7 Å². The Bertz CT molecular complexity index is 156. The molecule has 1 rings (SSSR count). The van der Waals surface area contributed by atoms with Gasteiger partial charge < -0.3 is 4.90 Å². The van der Waals surface area contributed by atoms with E-state index in [-0.39, 0.29) is 0 Å². The van der Waals surface area contributed by atoms with Crippen LogP contribution in [0.2, 0.25) is 0 Å². The van der Waals surface area contributed by atoms with E-state index in [4.69, 9.17) is 0 Å². The molecule has 1 saturated heterocycles. The standard InChI is InChI=1S/C9H17NO/c1-7-4-5-9(11)10(3)6-8(7)2/h7-8H,4-6H2,1-3H3. The van der Waals surface area contributed by atoms with Crippen LogP contribution in [-0.4, -0.2) is 24.4 Å². The van der Waals surface area contributed by atoms with Gasteiger partial charge in [-0.3, -0.25) is 4.79 Å². The Hall–Kier alpha value is -0.530. The van der Waals surface area contributed by atoms with Gasteiger partial charge in [-0.25, -0.2) is 0 Å². The first-order valence-electron chi connectivity index (χ1n) is 4.35. The molecule has 2 heteroatoms. The maximum Gasteiger partial charge on any atom is 0.222 e. The zero-order valence-electron chi connectivity index (χ0n) is 7.63. The van der Waals surface area contributed by atoms with E-state index in [9.17, 15) is 4.79 Å². The summed E-state index contributed by atoms with van der Waals surface area (Å²) in [5, 5.41) is 0. The summed E-state index contributed by atoms with van der Waals surface area (Å²) in [7, 11) is 1.90. The molecule has 0 N–H and O–H groups in total. The van der Waals surface area contributed by atoms with Gasteiger partial charge in [-0.1, -0.05) is 13.8 Å². The van der Waals surface area contributed by atoms with Crippen molar-refractivity contribution in [3.63, 3.8) is 0 Å². The van der Waals surface area contributed by atoms with Gasteiger partial charge >= 0.3 is 0 Å². The number of hydrogen-bond acceptors (Lipinski definition) is 1. The molecule has 1 fully saturated rings. The molecule has 0 spiro atoms. The van der Waals surface area contributed by atoms with E-state index in [1.54, 1.807) is 0 Å². The Kier molecular flexibility index (Phi) is 2.53. The molecule has 1 aliphatic heterocycles. The zero-order chi connectivity index (χ0) is 8.43. The average Bonchev–Trinajstić information content (AvgIpc) is 2.05. The van der Waals surface area contributed by atoms with Gasteiger partial charge in [0.25, 0.3) is 0 Å². The Balaban J connectivity index is 2.58. The van der Waals surface area contributed by atoms with Crippen LogP contribution in [0.15, 0.2) is 0 Å². The molecular formula is C9H17NO. The van der Waals surface area contributed by atoms with Crippen LogP contribution < -0.4 is 0 Å². The lowest BCUT2D eigenvalue weighted by Crippen LogP contribution is -2.28. The summed E-state index contributed by atoms with van der Waals surface area (Å²) in [5.74, 6) is 1.66. The van der Waals surface area contributed by atoms with Crippen molar-refractivity contribution < 1.29 is 4.79 Å². The van der Waals surface area contributed by atoms with Gasteiger partial charge in [0.1, 0.15) is 0 Å². The Morgan fingerprint density at radius 3 is 2.64 bits per heavy atom. The molecule has 1 heterocycles. The monoisotopic (exact) mass is 155 g/mol. The molecular weight excluding hydrogens is 138 g/mol. The number of likely N-dealkylation sites (tertiary alicyclic amines) is 1. The molecule has 2 atom stereocenters. The number of hydrogen-bond donors (Lipinski definition) is 0. The molecule has 0 aromatic carbocycles. The molecule has 0 aliphatic carbocycles. The summed E-state index contributed by atoms with van der Waals surface area (Å²) in [6.45, 7) is 5.39. The Morgan fingerprint density at radius 2 is 2.00 bits per heavy atom. The topological polar surface area (TPSA) is 20.3 Å². The minimum absolute atomic E-state index is 0.307. The van der Waals surface area contributed by atoms with E-state index < -0.39 is 0 Å². The van der Waals surface area contributed by atoms with Crippen LogP contribution in [-0.2, 0) is 4.79 Å². The minimum atomic E-state index is 0.307. The molecule has 2 unspecified atom stereocenters. The van der Waals surface area contributed by atoms with Gasteiger partial charge in [0, 0.05) is 20.0 Å². The zero-order valence-corrected chi connectivity index (χ0v) is 7.63. The van der Waals surface area contributed by atoms with Crippen LogP contribution in [0, 0.1) is 11.8 Å². The lowest BCUT2D eigenvalue weighted by Gasteiger charge is -2.19. The fraction of sp³-hybridized carbons (Fsp3) is 0.889. The highest BCUT2D eigenvalue weighted by Crippen LogP contribution is 2.21. The van der Waals surface area contributed by atoms with E-state index in [1.165, 1.54) is 0 Å². The Labute approximate surface area is 68.6 Å². The molecule has 0 bridgehead atoms. The van der Waals surface area contributed by atoms with E-state index in [2.05, 4.69) is 13.8 Å². The molecule has 64 valence electrons. The molecule has 1 aliphatic rings. The molecule has 0 aromatic rings. The quantitative estimate of drug-likeness (QED) is 0.519. The van der Waals surface area contributed by atoms with Crippen LogP contribution in [0.25, 0.3) is 0 Å². The molecule has 2 nitrogen and oxygen atoms in total. The minimum Gasteiger partial charge on any atom is -0.345 e. The van der Waals surface area contributed by atoms with Crippen molar-refractivity contribution in [2.24, 2.45) is 11.8 Å². The second-order valence-electron chi connectivity index (χ2n) is 3.77. The van der Waals surface area contributed by atoms with Crippen LogP contribution in [0.4, 0.5) is 0 Å². The number of carbonyl (C=O) groups excluding carboxylic acids is 1. The van der Waals surface area contributed by atoms with Crippen molar-refractivity contribution in [2.75, 3.05) is 13.6 Å². The van der Waals surface area contributed by atoms with Crippen LogP contribution in [0.5, 0.6) is 0 Å². The number of carbonyl (C=O) groups is 1. The third kappa shape index (κ3) is 1.95. The Morgan fingerprint density at radius 1 is 1.36 bits per heavy atom. The summed E-state index contributed by atoms with van der Waals surface area (Å²) < 4.78 is 0. The first kappa shape index (κ1) is 8.57. The third-order valence-corrected chi connectivity index (χ3v) is 2.77. The molecule has 1 amide bonds. The van der Waals surface area contributed by atoms with E-state index >= 15 is 0 Å². The summed E-state index contributed by atoms with van der Waals surface area (Å²) >= 11 is 0. The second kappa shape index (κ2) is 3.24. The van der Waals surface area contributed by atoms with Gasteiger partial charge in [-0.2, -0.15) is 0 Å². The van der Waals surface area contributed by atoms with Crippen molar-refractivity contribution in [3.8, 4) is 0 Å². The summed E-state index contributed by atoms with van der Waals surface area (Å²) in [4.78, 5) is 13.1. The smallest absolute Gasteiger partial charge is 0.222 e. The highest BCUT2D eigenvalue weighted by Gasteiger charge is 2.22. The van der Waals surface area contributed by atoms with Crippen molar-refractivity contribution >= 4 is 5.91 Å². The van der Waals surface area contributed by atoms with Gasteiger partial charge in [0.15, 0.2) is 0 Å². The van der Waals surface area contributed by atoms with E-state index in [0.717, 1.165) is 19.4 Å². The van der Waals surface area contributed by atoms with Gasteiger partial charge in [-0.15, -0.1) is 0 Å².